The van der Waals surface area contributed by atoms with Gasteiger partial charge in [-0.25, -0.2) is 8.42 Å². The minimum atomic E-state index is -3.59. The molecule has 2 atom stereocenters. The molecule has 2 heterocycles. The molecule has 0 spiro atoms. The van der Waals surface area contributed by atoms with Crippen molar-refractivity contribution in [3.8, 4) is 5.75 Å². The van der Waals surface area contributed by atoms with Crippen molar-refractivity contribution >= 4 is 27.5 Å². The van der Waals surface area contributed by atoms with Crippen LogP contribution in [0.25, 0.3) is 0 Å². The number of nitrogens with zero attached hydrogens (tertiary/aromatic N) is 3. The molecule has 2 unspecified atom stereocenters. The summed E-state index contributed by atoms with van der Waals surface area (Å²) in [5, 5.41) is 0. The van der Waals surface area contributed by atoms with Crippen LogP contribution in [0.15, 0.2) is 58.3 Å². The first-order valence-corrected chi connectivity index (χ1v) is 15.4. The van der Waals surface area contributed by atoms with Gasteiger partial charge in [-0.2, -0.15) is 0 Å². The van der Waals surface area contributed by atoms with Crippen LogP contribution in [-0.4, -0.2) is 75.9 Å². The van der Waals surface area contributed by atoms with Crippen LogP contribution in [-0.2, 0) is 10.0 Å². The number of anilines is 1. The smallest absolute Gasteiger partial charge is 0.264 e. The lowest BCUT2D eigenvalue weighted by atomic mass is 10.2. The summed E-state index contributed by atoms with van der Waals surface area (Å²) in [5.74, 6) is 1.47. The van der Waals surface area contributed by atoms with E-state index in [4.69, 9.17) is 4.74 Å². The first-order chi connectivity index (χ1) is 17.0. The maximum Gasteiger partial charge on any atom is 0.264 e. The Morgan fingerprint density at radius 2 is 1.86 bits per heavy atom. The maximum atomic E-state index is 13.3. The summed E-state index contributed by atoms with van der Waals surface area (Å²) in [6.45, 7) is 4.69. The van der Waals surface area contributed by atoms with Crippen LogP contribution in [0.1, 0.15) is 38.5 Å². The minimum absolute atomic E-state index is 0.325. The molecule has 1 saturated carbocycles. The standard InChI is InChI=1S/C27H37N3O3S2/c1-28(22-10-11-23(20-22)29-15-5-6-16-29)14-7-18-33-24-12-13-27-26(21-24)30(17-19-34-27)35(31,32)25-8-3-2-4-9-25/h2-4,8-9,12-13,21-23H,5-7,10-11,14-20H2,1H3. The topological polar surface area (TPSA) is 53.1 Å². The second kappa shape index (κ2) is 11.1. The van der Waals surface area contributed by atoms with E-state index in [1.54, 1.807) is 36.0 Å². The molecular formula is C27H37N3O3S2. The maximum absolute atomic E-state index is 13.3. The molecule has 5 rings (SSSR count). The van der Waals surface area contributed by atoms with Gasteiger partial charge in [0.1, 0.15) is 5.75 Å². The van der Waals surface area contributed by atoms with Gasteiger partial charge >= 0.3 is 0 Å². The molecule has 35 heavy (non-hydrogen) atoms. The highest BCUT2D eigenvalue weighted by atomic mass is 32.2. The van der Waals surface area contributed by atoms with Crippen molar-refractivity contribution in [3.63, 3.8) is 0 Å². The molecule has 2 aliphatic heterocycles. The molecule has 0 radical (unpaired) electrons. The van der Waals surface area contributed by atoms with Crippen LogP contribution in [0.3, 0.4) is 0 Å². The van der Waals surface area contributed by atoms with Crippen LogP contribution in [0.4, 0.5) is 5.69 Å². The second-order valence-corrected chi connectivity index (χ2v) is 12.9. The Labute approximate surface area is 214 Å². The van der Waals surface area contributed by atoms with E-state index in [2.05, 4.69) is 16.8 Å². The molecule has 3 aliphatic rings. The summed E-state index contributed by atoms with van der Waals surface area (Å²) in [7, 11) is -1.35. The number of fused-ring (bicyclic) bond motifs is 1. The lowest BCUT2D eigenvalue weighted by Crippen LogP contribution is -2.35. The summed E-state index contributed by atoms with van der Waals surface area (Å²) in [6, 6.07) is 16.0. The normalized spacial score (nSPS) is 23.1. The monoisotopic (exact) mass is 515 g/mol. The predicted octanol–water partition coefficient (Wildman–Crippen LogP) is 4.71. The molecule has 2 fully saturated rings. The number of sulfonamides is 1. The fourth-order valence-electron chi connectivity index (χ4n) is 5.69. The van der Waals surface area contributed by atoms with Crippen molar-refractivity contribution in [1.82, 2.24) is 9.80 Å². The van der Waals surface area contributed by atoms with Crippen molar-refractivity contribution in [3.05, 3.63) is 48.5 Å². The fraction of sp³-hybridized carbons (Fsp3) is 0.556. The number of rotatable bonds is 9. The van der Waals surface area contributed by atoms with Gasteiger partial charge in [0, 0.05) is 41.9 Å². The molecule has 0 aromatic heterocycles. The molecule has 0 N–H and O–H groups in total. The minimum Gasteiger partial charge on any atom is -0.493 e. The van der Waals surface area contributed by atoms with Gasteiger partial charge in [-0.1, -0.05) is 18.2 Å². The van der Waals surface area contributed by atoms with Crippen molar-refractivity contribution in [2.75, 3.05) is 49.9 Å². The van der Waals surface area contributed by atoms with E-state index >= 15 is 0 Å². The van der Waals surface area contributed by atoms with Gasteiger partial charge in [0.05, 0.1) is 17.2 Å². The van der Waals surface area contributed by atoms with E-state index in [0.29, 0.717) is 24.1 Å². The Balaban J connectivity index is 1.15. The van der Waals surface area contributed by atoms with Crippen molar-refractivity contribution in [1.29, 1.82) is 0 Å². The van der Waals surface area contributed by atoms with Crippen LogP contribution in [0.5, 0.6) is 5.75 Å². The lowest BCUT2D eigenvalue weighted by Gasteiger charge is -2.30. The number of hydrogen-bond donors (Lipinski definition) is 0. The Kier molecular flexibility index (Phi) is 7.92. The van der Waals surface area contributed by atoms with Gasteiger partial charge in [-0.05, 0) is 82.9 Å². The lowest BCUT2D eigenvalue weighted by molar-refractivity contribution is 0.195. The number of thioether (sulfide) groups is 1. The van der Waals surface area contributed by atoms with E-state index in [0.717, 1.165) is 41.1 Å². The molecule has 1 aliphatic carbocycles. The van der Waals surface area contributed by atoms with Crippen LogP contribution >= 0.6 is 11.8 Å². The highest BCUT2D eigenvalue weighted by molar-refractivity contribution is 8.00. The van der Waals surface area contributed by atoms with Crippen LogP contribution in [0.2, 0.25) is 0 Å². The Bertz CT molecular complexity index is 1090. The average molecular weight is 516 g/mol. The van der Waals surface area contributed by atoms with E-state index in [1.807, 2.05) is 24.3 Å². The number of benzene rings is 2. The molecular weight excluding hydrogens is 478 g/mol. The summed E-state index contributed by atoms with van der Waals surface area (Å²) in [4.78, 5) is 6.52. The highest BCUT2D eigenvalue weighted by Crippen LogP contribution is 2.40. The molecule has 0 bridgehead atoms. The SMILES string of the molecule is CN(CCCOc1ccc2c(c1)N(S(=O)(=O)c1ccccc1)CCS2)C1CCC(N2CCCC2)C1. The third-order valence-corrected chi connectivity index (χ3v) is 10.5. The van der Waals surface area contributed by atoms with Gasteiger partial charge in [0.15, 0.2) is 0 Å². The van der Waals surface area contributed by atoms with Gasteiger partial charge in [0.2, 0.25) is 0 Å². The zero-order valence-corrected chi connectivity index (χ0v) is 22.3. The predicted molar refractivity (Wildman–Crippen MR) is 143 cm³/mol. The molecule has 2 aromatic rings. The van der Waals surface area contributed by atoms with Crippen molar-refractivity contribution in [2.45, 2.75) is 60.4 Å². The first-order valence-electron chi connectivity index (χ1n) is 12.9. The zero-order chi connectivity index (χ0) is 24.3. The fourth-order valence-corrected chi connectivity index (χ4v) is 8.34. The molecule has 0 amide bonds. The number of likely N-dealkylation sites (tertiary alicyclic amines) is 1. The first kappa shape index (κ1) is 24.9. The zero-order valence-electron chi connectivity index (χ0n) is 20.6. The summed E-state index contributed by atoms with van der Waals surface area (Å²) >= 11 is 1.70. The van der Waals surface area contributed by atoms with Gasteiger partial charge < -0.3 is 14.5 Å². The summed E-state index contributed by atoms with van der Waals surface area (Å²) in [5.41, 5.74) is 0.721. The second-order valence-electron chi connectivity index (χ2n) is 9.91. The van der Waals surface area contributed by atoms with Gasteiger partial charge in [-0.3, -0.25) is 4.31 Å². The number of ether oxygens (including phenoxy) is 1. The van der Waals surface area contributed by atoms with Gasteiger partial charge in [-0.15, -0.1) is 11.8 Å². The summed E-state index contributed by atoms with van der Waals surface area (Å²) < 4.78 is 34.2. The van der Waals surface area contributed by atoms with Crippen LogP contribution < -0.4 is 9.04 Å². The largest absolute Gasteiger partial charge is 0.493 e. The third-order valence-electron chi connectivity index (χ3n) is 7.66. The van der Waals surface area contributed by atoms with E-state index in [-0.39, 0.29) is 0 Å². The molecule has 8 heteroatoms. The Morgan fingerprint density at radius 1 is 1.06 bits per heavy atom. The van der Waals surface area contributed by atoms with Gasteiger partial charge in [0.25, 0.3) is 10.0 Å². The Morgan fingerprint density at radius 3 is 2.66 bits per heavy atom. The third kappa shape index (κ3) is 5.66. The van der Waals surface area contributed by atoms with Crippen molar-refractivity contribution < 1.29 is 13.2 Å². The number of hydrogen-bond acceptors (Lipinski definition) is 6. The van der Waals surface area contributed by atoms with Crippen molar-refractivity contribution in [2.24, 2.45) is 0 Å². The van der Waals surface area contributed by atoms with Crippen LogP contribution in [0, 0.1) is 0 Å². The molecule has 1 saturated heterocycles. The average Bonchev–Trinajstić information content (AvgIpc) is 3.59. The van der Waals surface area contributed by atoms with E-state index < -0.39 is 10.0 Å². The quantitative estimate of drug-likeness (QED) is 0.451. The molecule has 6 nitrogen and oxygen atoms in total. The highest BCUT2D eigenvalue weighted by Gasteiger charge is 2.32. The van der Waals surface area contributed by atoms with E-state index in [9.17, 15) is 8.42 Å². The molecule has 190 valence electrons. The molecule has 2 aromatic carbocycles. The summed E-state index contributed by atoms with van der Waals surface area (Å²) in [6.07, 6.45) is 7.62. The van der Waals surface area contributed by atoms with E-state index in [1.165, 1.54) is 49.5 Å². The Hall–Kier alpha value is -1.74.